The summed E-state index contributed by atoms with van der Waals surface area (Å²) in [5.41, 5.74) is 4.24. The molecule has 2 rings (SSSR count). The van der Waals surface area contributed by atoms with Gasteiger partial charge in [0, 0.05) is 17.8 Å². The van der Waals surface area contributed by atoms with Gasteiger partial charge in [0.2, 0.25) is 0 Å². The van der Waals surface area contributed by atoms with E-state index in [-0.39, 0.29) is 12.3 Å². The molecule has 0 aliphatic carbocycles. The summed E-state index contributed by atoms with van der Waals surface area (Å²) in [6, 6.07) is 6.08. The van der Waals surface area contributed by atoms with Gasteiger partial charge in [-0.2, -0.15) is 0 Å². The molecule has 0 bridgehead atoms. The predicted molar refractivity (Wildman–Crippen MR) is 73.3 cm³/mol. The molecule has 0 amide bonds. The van der Waals surface area contributed by atoms with Crippen LogP contribution in [0.5, 0.6) is 0 Å². The second kappa shape index (κ2) is 5.26. The quantitative estimate of drug-likeness (QED) is 0.886. The van der Waals surface area contributed by atoms with E-state index in [9.17, 15) is 4.79 Å². The first-order valence-electron chi connectivity index (χ1n) is 6.28. The Hall–Kier alpha value is -2.10. The van der Waals surface area contributed by atoms with Crippen molar-refractivity contribution in [1.82, 2.24) is 9.97 Å². The Kier molecular flexibility index (Phi) is 3.69. The summed E-state index contributed by atoms with van der Waals surface area (Å²) < 4.78 is 0. The summed E-state index contributed by atoms with van der Waals surface area (Å²) >= 11 is 0. The van der Waals surface area contributed by atoms with E-state index >= 15 is 0 Å². The topological polar surface area (TPSA) is 66.0 Å². The number of imidazole rings is 1. The fraction of sp³-hybridized carbons (Fsp3) is 0.333. The number of aromatic amines is 1. The number of nitrogens with one attached hydrogen (secondary N) is 1. The monoisotopic (exact) mass is 258 g/mol. The maximum absolute atomic E-state index is 11.1. The van der Waals surface area contributed by atoms with Crippen LogP contribution in [0, 0.1) is 20.8 Å². The van der Waals surface area contributed by atoms with E-state index in [2.05, 4.69) is 16.0 Å². The average Bonchev–Trinajstić information content (AvgIpc) is 2.76. The largest absolute Gasteiger partial charge is 0.481 e. The molecular formula is C15H18N2O2. The van der Waals surface area contributed by atoms with Crippen LogP contribution in [-0.4, -0.2) is 21.0 Å². The Labute approximate surface area is 112 Å². The molecule has 2 N–H and O–H groups in total. The van der Waals surface area contributed by atoms with E-state index < -0.39 is 5.97 Å². The lowest BCUT2D eigenvalue weighted by Crippen LogP contribution is -2.09. The van der Waals surface area contributed by atoms with Crippen molar-refractivity contribution in [3.63, 3.8) is 0 Å². The van der Waals surface area contributed by atoms with Gasteiger partial charge in [-0.25, -0.2) is 4.98 Å². The normalized spacial score (nSPS) is 12.4. The van der Waals surface area contributed by atoms with E-state index in [1.165, 1.54) is 11.1 Å². The molecule has 0 saturated heterocycles. The molecule has 4 heteroatoms. The number of benzene rings is 1. The van der Waals surface area contributed by atoms with E-state index in [0.29, 0.717) is 0 Å². The maximum Gasteiger partial charge on any atom is 0.304 e. The van der Waals surface area contributed by atoms with Gasteiger partial charge in [0.1, 0.15) is 5.82 Å². The van der Waals surface area contributed by atoms with Gasteiger partial charge in [0.25, 0.3) is 0 Å². The molecule has 1 unspecified atom stereocenters. The van der Waals surface area contributed by atoms with Gasteiger partial charge in [0.15, 0.2) is 0 Å². The van der Waals surface area contributed by atoms with Crippen molar-refractivity contribution >= 4 is 5.97 Å². The molecule has 1 atom stereocenters. The Bertz CT molecular complexity index is 602. The summed E-state index contributed by atoms with van der Waals surface area (Å²) in [5, 5.41) is 9.10. The van der Waals surface area contributed by atoms with Crippen LogP contribution in [0.1, 0.15) is 40.5 Å². The number of carboxylic acids is 1. The molecule has 0 fully saturated rings. The van der Waals surface area contributed by atoms with Crippen molar-refractivity contribution < 1.29 is 9.90 Å². The average molecular weight is 258 g/mol. The highest BCUT2D eigenvalue weighted by molar-refractivity contribution is 5.69. The van der Waals surface area contributed by atoms with Crippen LogP contribution in [0.4, 0.5) is 0 Å². The minimum Gasteiger partial charge on any atom is -0.481 e. The molecule has 0 aliphatic heterocycles. The van der Waals surface area contributed by atoms with Crippen LogP contribution in [0.3, 0.4) is 0 Å². The molecule has 1 aromatic carbocycles. The van der Waals surface area contributed by atoms with Gasteiger partial charge in [-0.05, 0) is 37.5 Å². The lowest BCUT2D eigenvalue weighted by Gasteiger charge is -2.15. The molecule has 4 nitrogen and oxygen atoms in total. The molecule has 0 saturated carbocycles. The lowest BCUT2D eigenvalue weighted by atomic mass is 9.91. The van der Waals surface area contributed by atoms with Gasteiger partial charge in [-0.15, -0.1) is 0 Å². The Morgan fingerprint density at radius 3 is 2.58 bits per heavy atom. The number of H-pyrrole nitrogens is 1. The first-order chi connectivity index (χ1) is 8.97. The smallest absolute Gasteiger partial charge is 0.304 e. The third kappa shape index (κ3) is 3.02. The summed E-state index contributed by atoms with van der Waals surface area (Å²) in [5.74, 6) is -0.192. The van der Waals surface area contributed by atoms with E-state index in [4.69, 9.17) is 5.11 Å². The molecule has 0 radical (unpaired) electrons. The van der Waals surface area contributed by atoms with Crippen molar-refractivity contribution in [3.05, 3.63) is 52.6 Å². The number of aryl methyl sites for hydroxylation is 3. The van der Waals surface area contributed by atoms with Gasteiger partial charge in [-0.3, -0.25) is 4.79 Å². The van der Waals surface area contributed by atoms with E-state index in [0.717, 1.165) is 17.1 Å². The van der Waals surface area contributed by atoms with Crippen LogP contribution in [0.25, 0.3) is 0 Å². The number of aromatic nitrogens is 2. The zero-order valence-electron chi connectivity index (χ0n) is 11.4. The van der Waals surface area contributed by atoms with Gasteiger partial charge < -0.3 is 10.1 Å². The number of hydrogen-bond acceptors (Lipinski definition) is 2. The highest BCUT2D eigenvalue weighted by Crippen LogP contribution is 2.28. The number of aliphatic carboxylic acids is 1. The second-order valence-electron chi connectivity index (χ2n) is 4.92. The Morgan fingerprint density at radius 2 is 2.05 bits per heavy atom. The number of carbonyl (C=O) groups is 1. The minimum absolute atomic E-state index is 0.0597. The fourth-order valence-electron chi connectivity index (χ4n) is 2.18. The molecule has 19 heavy (non-hydrogen) atoms. The Balaban J connectivity index is 2.42. The van der Waals surface area contributed by atoms with Gasteiger partial charge in [-0.1, -0.05) is 18.2 Å². The van der Waals surface area contributed by atoms with Crippen LogP contribution in [0.15, 0.2) is 24.4 Å². The van der Waals surface area contributed by atoms with Crippen molar-refractivity contribution in [2.75, 3.05) is 0 Å². The molecular weight excluding hydrogens is 240 g/mol. The molecule has 100 valence electrons. The van der Waals surface area contributed by atoms with Crippen molar-refractivity contribution in [2.45, 2.75) is 33.1 Å². The highest BCUT2D eigenvalue weighted by atomic mass is 16.4. The predicted octanol–water partition coefficient (Wildman–Crippen LogP) is 2.94. The second-order valence-corrected chi connectivity index (χ2v) is 4.92. The fourth-order valence-corrected chi connectivity index (χ4v) is 2.18. The number of nitrogens with zero attached hydrogens (tertiary/aromatic N) is 1. The number of hydrogen-bond donors (Lipinski definition) is 2. The van der Waals surface area contributed by atoms with Crippen molar-refractivity contribution in [1.29, 1.82) is 0 Å². The van der Waals surface area contributed by atoms with Crippen LogP contribution < -0.4 is 0 Å². The van der Waals surface area contributed by atoms with E-state index in [1.807, 2.05) is 32.9 Å². The van der Waals surface area contributed by atoms with E-state index in [1.54, 1.807) is 6.20 Å². The first kappa shape index (κ1) is 13.3. The Morgan fingerprint density at radius 1 is 1.32 bits per heavy atom. The van der Waals surface area contributed by atoms with Crippen LogP contribution in [-0.2, 0) is 4.79 Å². The summed E-state index contributed by atoms with van der Waals surface area (Å²) in [4.78, 5) is 18.4. The zero-order valence-corrected chi connectivity index (χ0v) is 11.4. The summed E-state index contributed by atoms with van der Waals surface area (Å²) in [7, 11) is 0. The van der Waals surface area contributed by atoms with Crippen LogP contribution >= 0.6 is 0 Å². The minimum atomic E-state index is -0.810. The SMILES string of the molecule is Cc1ncc(C(CC(=O)O)c2ccc(C)c(C)c2)[nH]1. The summed E-state index contributed by atoms with van der Waals surface area (Å²) in [6.45, 7) is 5.95. The van der Waals surface area contributed by atoms with Gasteiger partial charge in [0.05, 0.1) is 6.42 Å². The third-order valence-corrected chi connectivity index (χ3v) is 3.41. The molecule has 0 aliphatic rings. The first-order valence-corrected chi connectivity index (χ1v) is 6.28. The molecule has 1 aromatic heterocycles. The molecule has 2 aromatic rings. The lowest BCUT2D eigenvalue weighted by molar-refractivity contribution is -0.137. The van der Waals surface area contributed by atoms with Crippen LogP contribution in [0.2, 0.25) is 0 Å². The van der Waals surface area contributed by atoms with Crippen molar-refractivity contribution in [3.8, 4) is 0 Å². The summed E-state index contributed by atoms with van der Waals surface area (Å²) in [6.07, 6.45) is 1.78. The highest BCUT2D eigenvalue weighted by Gasteiger charge is 2.20. The van der Waals surface area contributed by atoms with Crippen molar-refractivity contribution in [2.24, 2.45) is 0 Å². The third-order valence-electron chi connectivity index (χ3n) is 3.41. The van der Waals surface area contributed by atoms with Gasteiger partial charge >= 0.3 is 5.97 Å². The molecule has 1 heterocycles. The number of rotatable bonds is 4. The molecule has 0 spiro atoms. The standard InChI is InChI=1S/C15H18N2O2/c1-9-4-5-12(6-10(9)2)13(7-15(18)19)14-8-16-11(3)17-14/h4-6,8,13H,7H2,1-3H3,(H,16,17)(H,18,19). The number of carboxylic acid groups (broad SMARTS) is 1. The zero-order chi connectivity index (χ0) is 14.0. The maximum atomic E-state index is 11.1.